The summed E-state index contributed by atoms with van der Waals surface area (Å²) in [5, 5.41) is 8.93. The monoisotopic (exact) mass is 499 g/mol. The van der Waals surface area contributed by atoms with Crippen LogP contribution in [0.4, 0.5) is 5.82 Å². The summed E-state index contributed by atoms with van der Waals surface area (Å²) in [4.78, 5) is 12.7. The molecule has 2 aromatic heterocycles. The lowest BCUT2D eigenvalue weighted by atomic mass is 10.2. The van der Waals surface area contributed by atoms with Crippen LogP contribution in [-0.4, -0.2) is 31.1 Å². The molecule has 0 unspecified atom stereocenters. The van der Waals surface area contributed by atoms with Gasteiger partial charge in [-0.2, -0.15) is 0 Å². The molecule has 1 aliphatic heterocycles. The maximum Gasteiger partial charge on any atom is 0.191 e. The van der Waals surface area contributed by atoms with E-state index < -0.39 is 0 Å². The molecule has 2 N–H and O–H groups in total. The number of hydrogen-bond acceptors (Lipinski definition) is 4. The maximum absolute atomic E-state index is 4.59. The zero-order valence-electron chi connectivity index (χ0n) is 16.2. The molecular formula is C20H30IN5S. The highest BCUT2D eigenvalue weighted by Gasteiger charge is 2.11. The van der Waals surface area contributed by atoms with Gasteiger partial charge in [-0.05, 0) is 54.5 Å². The van der Waals surface area contributed by atoms with Gasteiger partial charge >= 0.3 is 0 Å². The number of nitrogens with one attached hydrogen (secondary N) is 2. The Morgan fingerprint density at radius 2 is 1.89 bits per heavy atom. The third kappa shape index (κ3) is 6.64. The number of aryl methyl sites for hydroxylation is 1. The number of aromatic nitrogens is 1. The summed E-state index contributed by atoms with van der Waals surface area (Å²) in [5.74, 6) is 1.93. The molecule has 1 saturated heterocycles. The number of guanidine groups is 1. The van der Waals surface area contributed by atoms with Gasteiger partial charge in [0, 0.05) is 37.8 Å². The van der Waals surface area contributed by atoms with Gasteiger partial charge in [0.25, 0.3) is 0 Å². The van der Waals surface area contributed by atoms with Gasteiger partial charge in [-0.15, -0.1) is 35.3 Å². The van der Waals surface area contributed by atoms with Crippen LogP contribution in [0.15, 0.2) is 34.8 Å². The number of anilines is 1. The normalized spacial score (nSPS) is 15.0. The van der Waals surface area contributed by atoms with E-state index in [1.54, 1.807) is 11.3 Å². The summed E-state index contributed by atoms with van der Waals surface area (Å²) in [5.41, 5.74) is 2.56. The Bertz CT molecular complexity index is 723. The quantitative estimate of drug-likeness (QED) is 0.366. The van der Waals surface area contributed by atoms with Crippen LogP contribution in [0.5, 0.6) is 0 Å². The fourth-order valence-electron chi connectivity index (χ4n) is 3.20. The molecule has 148 valence electrons. The molecule has 0 bridgehead atoms. The lowest BCUT2D eigenvalue weighted by Crippen LogP contribution is -2.36. The van der Waals surface area contributed by atoms with E-state index in [0.29, 0.717) is 0 Å². The molecule has 7 heteroatoms. The number of pyridine rings is 1. The van der Waals surface area contributed by atoms with Crippen molar-refractivity contribution in [3.05, 3.63) is 45.8 Å². The van der Waals surface area contributed by atoms with E-state index in [4.69, 9.17) is 0 Å². The lowest BCUT2D eigenvalue weighted by Gasteiger charge is -2.22. The van der Waals surface area contributed by atoms with Crippen LogP contribution in [0.1, 0.15) is 41.7 Å². The van der Waals surface area contributed by atoms with Gasteiger partial charge in [0.1, 0.15) is 5.82 Å². The smallest absolute Gasteiger partial charge is 0.191 e. The molecular weight excluding hydrogens is 469 g/mol. The van der Waals surface area contributed by atoms with Crippen molar-refractivity contribution in [2.75, 3.05) is 25.0 Å². The second-order valence-corrected chi connectivity index (χ2v) is 7.73. The van der Waals surface area contributed by atoms with Crippen LogP contribution in [0.25, 0.3) is 0 Å². The van der Waals surface area contributed by atoms with Crippen molar-refractivity contribution in [1.29, 1.82) is 0 Å². The van der Waals surface area contributed by atoms with Crippen molar-refractivity contribution in [1.82, 2.24) is 15.6 Å². The number of hydrogen-bond donors (Lipinski definition) is 2. The summed E-state index contributed by atoms with van der Waals surface area (Å²) in [7, 11) is 1.81. The Labute approximate surface area is 183 Å². The van der Waals surface area contributed by atoms with E-state index in [2.05, 4.69) is 56.0 Å². The summed E-state index contributed by atoms with van der Waals surface area (Å²) in [6, 6.07) is 6.43. The van der Waals surface area contributed by atoms with Gasteiger partial charge < -0.3 is 15.5 Å². The van der Waals surface area contributed by atoms with Crippen LogP contribution < -0.4 is 15.5 Å². The lowest BCUT2D eigenvalue weighted by molar-refractivity contribution is 0.726. The summed E-state index contributed by atoms with van der Waals surface area (Å²) in [6.07, 6.45) is 7.13. The minimum absolute atomic E-state index is 0. The van der Waals surface area contributed by atoms with Gasteiger partial charge in [-0.3, -0.25) is 4.99 Å². The van der Waals surface area contributed by atoms with Crippen molar-refractivity contribution >= 4 is 47.1 Å². The molecule has 3 heterocycles. The number of rotatable bonds is 5. The van der Waals surface area contributed by atoms with Crippen molar-refractivity contribution in [3.8, 4) is 0 Å². The largest absolute Gasteiger partial charge is 0.357 e. The maximum atomic E-state index is 4.59. The van der Waals surface area contributed by atoms with Crippen molar-refractivity contribution in [3.63, 3.8) is 0 Å². The molecule has 3 rings (SSSR count). The predicted molar refractivity (Wildman–Crippen MR) is 126 cm³/mol. The molecule has 2 aromatic rings. The fourth-order valence-corrected chi connectivity index (χ4v) is 4.04. The van der Waals surface area contributed by atoms with Crippen LogP contribution in [0.2, 0.25) is 0 Å². The Hall–Kier alpha value is -1.35. The Kier molecular flexibility index (Phi) is 9.33. The molecule has 0 radical (unpaired) electrons. The number of nitrogens with zero attached hydrogens (tertiary/aromatic N) is 3. The van der Waals surface area contributed by atoms with Gasteiger partial charge in [-0.25, -0.2) is 4.98 Å². The molecule has 0 saturated carbocycles. The van der Waals surface area contributed by atoms with E-state index in [-0.39, 0.29) is 24.0 Å². The number of halogens is 1. The number of thiophene rings is 1. The minimum atomic E-state index is 0. The van der Waals surface area contributed by atoms with Crippen molar-refractivity contribution in [2.45, 2.75) is 45.7 Å². The first-order valence-electron chi connectivity index (χ1n) is 9.43. The zero-order chi connectivity index (χ0) is 18.2. The molecule has 1 aliphatic rings. The average Bonchev–Trinajstić information content (AvgIpc) is 2.91. The molecule has 0 atom stereocenters. The van der Waals surface area contributed by atoms with Crippen molar-refractivity contribution in [2.24, 2.45) is 4.99 Å². The topological polar surface area (TPSA) is 52.6 Å². The average molecular weight is 499 g/mol. The van der Waals surface area contributed by atoms with Crippen molar-refractivity contribution < 1.29 is 0 Å². The zero-order valence-corrected chi connectivity index (χ0v) is 19.3. The molecule has 0 spiro atoms. The standard InChI is InChI=1S/C20H29N5S.HI/c1-16-8-12-26-18(16)15-24-20(21-2)23-14-17-7-9-22-19(13-17)25-10-5-3-4-6-11-25;/h7-9,12-13H,3-6,10-11,14-15H2,1-2H3,(H2,21,23,24);1H. The van der Waals surface area contributed by atoms with E-state index in [1.165, 1.54) is 41.7 Å². The van der Waals surface area contributed by atoms with Gasteiger partial charge in [0.15, 0.2) is 5.96 Å². The van der Waals surface area contributed by atoms with E-state index in [9.17, 15) is 0 Å². The van der Waals surface area contributed by atoms with Gasteiger partial charge in [-0.1, -0.05) is 12.8 Å². The van der Waals surface area contributed by atoms with E-state index in [0.717, 1.165) is 38.0 Å². The second-order valence-electron chi connectivity index (χ2n) is 6.73. The van der Waals surface area contributed by atoms with Crippen LogP contribution in [-0.2, 0) is 13.1 Å². The molecule has 0 aromatic carbocycles. The third-order valence-corrected chi connectivity index (χ3v) is 5.83. The highest BCUT2D eigenvalue weighted by molar-refractivity contribution is 14.0. The highest BCUT2D eigenvalue weighted by Crippen LogP contribution is 2.18. The molecule has 5 nitrogen and oxygen atoms in total. The SMILES string of the molecule is CN=C(NCc1ccnc(N2CCCCCC2)c1)NCc1sccc1C.I. The Morgan fingerprint density at radius 3 is 2.56 bits per heavy atom. The first-order chi connectivity index (χ1) is 12.8. The fraction of sp³-hybridized carbons (Fsp3) is 0.500. The van der Waals surface area contributed by atoms with Crippen LogP contribution in [0, 0.1) is 6.92 Å². The molecule has 0 amide bonds. The third-order valence-electron chi connectivity index (χ3n) is 4.81. The first-order valence-corrected chi connectivity index (χ1v) is 10.3. The number of aliphatic imine (C=N–C) groups is 1. The molecule has 1 fully saturated rings. The highest BCUT2D eigenvalue weighted by atomic mass is 127. The van der Waals surface area contributed by atoms with Gasteiger partial charge in [0.2, 0.25) is 0 Å². The van der Waals surface area contributed by atoms with Crippen LogP contribution >= 0.6 is 35.3 Å². The molecule has 27 heavy (non-hydrogen) atoms. The Morgan fingerprint density at radius 1 is 1.15 bits per heavy atom. The summed E-state index contributed by atoms with van der Waals surface area (Å²) < 4.78 is 0. The van der Waals surface area contributed by atoms with E-state index in [1.807, 2.05) is 13.2 Å². The van der Waals surface area contributed by atoms with E-state index >= 15 is 0 Å². The molecule has 0 aliphatic carbocycles. The minimum Gasteiger partial charge on any atom is -0.357 e. The van der Waals surface area contributed by atoms with Gasteiger partial charge in [0.05, 0.1) is 6.54 Å². The summed E-state index contributed by atoms with van der Waals surface area (Å²) in [6.45, 7) is 5.93. The Balaban J connectivity index is 0.00000261. The predicted octanol–water partition coefficient (Wildman–Crippen LogP) is 4.32. The second kappa shape index (κ2) is 11.5. The summed E-state index contributed by atoms with van der Waals surface area (Å²) >= 11 is 1.78. The first kappa shape index (κ1) is 21.9. The van der Waals surface area contributed by atoms with Crippen LogP contribution in [0.3, 0.4) is 0 Å².